The van der Waals surface area contributed by atoms with E-state index < -0.39 is 16.0 Å². The average molecular weight is 389 g/mol. The monoisotopic (exact) mass is 389 g/mol. The average Bonchev–Trinajstić information content (AvgIpc) is 2.59. The summed E-state index contributed by atoms with van der Waals surface area (Å²) in [4.78, 5) is 20.4. The fourth-order valence-corrected chi connectivity index (χ4v) is 4.79. The molecule has 1 aromatic carbocycles. The molecular weight excluding hydrogens is 366 g/mol. The number of hydrogen-bond donors (Lipinski definition) is 1. The third-order valence-electron chi connectivity index (χ3n) is 4.70. The topological polar surface area (TPSA) is 100 Å². The first kappa shape index (κ1) is 19.4. The number of carboxylic acid groups (broad SMARTS) is 1. The Bertz CT molecular complexity index is 1010. The van der Waals surface area contributed by atoms with Gasteiger partial charge in [-0.2, -0.15) is 4.31 Å². The Balaban J connectivity index is 1.95. The highest BCUT2D eigenvalue weighted by molar-refractivity contribution is 7.89. The summed E-state index contributed by atoms with van der Waals surface area (Å²) in [6, 6.07) is 4.32. The van der Waals surface area contributed by atoms with E-state index in [-0.39, 0.29) is 28.0 Å². The van der Waals surface area contributed by atoms with Crippen molar-refractivity contribution in [1.29, 1.82) is 0 Å². The Labute approximate surface area is 159 Å². The Hall–Kier alpha value is -2.32. The molecule has 2 heterocycles. The van der Waals surface area contributed by atoms with E-state index in [4.69, 9.17) is 0 Å². The lowest BCUT2D eigenvalue weighted by Crippen LogP contribution is -2.37. The second-order valence-electron chi connectivity index (χ2n) is 7.74. The van der Waals surface area contributed by atoms with E-state index in [0.717, 1.165) is 17.1 Å². The lowest BCUT2D eigenvalue weighted by Gasteiger charge is -2.29. The standard InChI is InChI=1S/C19H23N3O4S/c1-12-14(17(23)24)6-5-7-16(12)27(25,26)22-9-8-15-13(11-22)10-20-18(21-15)19(2,3)4/h5-7,10H,8-9,11H2,1-4H3,(H,23,24). The molecule has 1 aliphatic rings. The van der Waals surface area contributed by atoms with Gasteiger partial charge in [-0.25, -0.2) is 23.2 Å². The van der Waals surface area contributed by atoms with Crippen LogP contribution in [-0.2, 0) is 28.4 Å². The Morgan fingerprint density at radius 1 is 1.26 bits per heavy atom. The van der Waals surface area contributed by atoms with Crippen LogP contribution >= 0.6 is 0 Å². The molecule has 1 aliphatic heterocycles. The van der Waals surface area contributed by atoms with Crippen LogP contribution in [0.1, 0.15) is 53.8 Å². The van der Waals surface area contributed by atoms with Crippen molar-refractivity contribution < 1.29 is 18.3 Å². The zero-order chi connectivity index (χ0) is 20.0. The molecule has 1 N–H and O–H groups in total. The van der Waals surface area contributed by atoms with Crippen molar-refractivity contribution in [3.8, 4) is 0 Å². The summed E-state index contributed by atoms with van der Waals surface area (Å²) in [5.41, 5.74) is 1.72. The Morgan fingerprint density at radius 3 is 2.59 bits per heavy atom. The molecule has 27 heavy (non-hydrogen) atoms. The fraction of sp³-hybridized carbons (Fsp3) is 0.421. The first-order chi connectivity index (χ1) is 12.5. The van der Waals surface area contributed by atoms with Crippen molar-refractivity contribution in [1.82, 2.24) is 14.3 Å². The molecule has 0 saturated heterocycles. The second kappa shape index (κ2) is 6.69. The highest BCUT2D eigenvalue weighted by Crippen LogP contribution is 2.28. The lowest BCUT2D eigenvalue weighted by molar-refractivity contribution is 0.0695. The number of carbonyl (C=O) groups is 1. The van der Waals surface area contributed by atoms with Gasteiger partial charge in [0, 0.05) is 42.4 Å². The molecule has 0 fully saturated rings. The van der Waals surface area contributed by atoms with Crippen LogP contribution in [0.25, 0.3) is 0 Å². The first-order valence-corrected chi connectivity index (χ1v) is 10.1. The molecule has 0 radical (unpaired) electrons. The Kier molecular flexibility index (Phi) is 4.81. The van der Waals surface area contributed by atoms with Crippen LogP contribution in [0.3, 0.4) is 0 Å². The van der Waals surface area contributed by atoms with E-state index in [1.165, 1.54) is 29.4 Å². The van der Waals surface area contributed by atoms with Gasteiger partial charge >= 0.3 is 5.97 Å². The van der Waals surface area contributed by atoms with E-state index in [2.05, 4.69) is 9.97 Å². The maximum absolute atomic E-state index is 13.1. The molecule has 0 unspecified atom stereocenters. The summed E-state index contributed by atoms with van der Waals surface area (Å²) in [6.07, 6.45) is 2.20. The number of aromatic carboxylic acids is 1. The van der Waals surface area contributed by atoms with Crippen molar-refractivity contribution in [2.24, 2.45) is 0 Å². The van der Waals surface area contributed by atoms with Gasteiger partial charge in [-0.3, -0.25) is 0 Å². The molecule has 0 atom stereocenters. The third-order valence-corrected chi connectivity index (χ3v) is 6.69. The largest absolute Gasteiger partial charge is 0.478 e. The van der Waals surface area contributed by atoms with Crippen LogP contribution in [0.2, 0.25) is 0 Å². The van der Waals surface area contributed by atoms with Crippen LogP contribution < -0.4 is 0 Å². The summed E-state index contributed by atoms with van der Waals surface area (Å²) in [7, 11) is -3.82. The van der Waals surface area contributed by atoms with Crippen molar-refractivity contribution in [2.75, 3.05) is 6.54 Å². The van der Waals surface area contributed by atoms with Crippen LogP contribution in [0, 0.1) is 6.92 Å². The number of benzene rings is 1. The number of aromatic nitrogens is 2. The molecule has 0 aliphatic carbocycles. The molecule has 0 spiro atoms. The normalized spacial score (nSPS) is 15.4. The number of nitrogens with zero attached hydrogens (tertiary/aromatic N) is 3. The quantitative estimate of drug-likeness (QED) is 0.866. The van der Waals surface area contributed by atoms with E-state index in [1.54, 1.807) is 6.20 Å². The fourth-order valence-electron chi connectivity index (χ4n) is 3.12. The van der Waals surface area contributed by atoms with Gasteiger partial charge in [0.05, 0.1) is 10.5 Å². The number of fused-ring (bicyclic) bond motifs is 1. The zero-order valence-electron chi connectivity index (χ0n) is 15.9. The van der Waals surface area contributed by atoms with Crippen LogP contribution in [0.5, 0.6) is 0 Å². The Morgan fingerprint density at radius 2 is 1.96 bits per heavy atom. The summed E-state index contributed by atoms with van der Waals surface area (Å²) in [6.45, 7) is 8.10. The maximum Gasteiger partial charge on any atom is 0.335 e. The molecule has 3 rings (SSSR count). The summed E-state index contributed by atoms with van der Waals surface area (Å²) in [5.74, 6) is -0.404. The van der Waals surface area contributed by atoms with Gasteiger partial charge in [0.15, 0.2) is 0 Å². The molecule has 0 bridgehead atoms. The summed E-state index contributed by atoms with van der Waals surface area (Å²) < 4.78 is 27.6. The minimum atomic E-state index is -3.82. The smallest absolute Gasteiger partial charge is 0.335 e. The number of rotatable bonds is 3. The third kappa shape index (κ3) is 3.59. The molecule has 1 aromatic heterocycles. The van der Waals surface area contributed by atoms with E-state index in [0.29, 0.717) is 13.0 Å². The van der Waals surface area contributed by atoms with E-state index in [9.17, 15) is 18.3 Å². The zero-order valence-corrected chi connectivity index (χ0v) is 16.7. The predicted octanol–water partition coefficient (Wildman–Crippen LogP) is 2.53. The molecule has 8 heteroatoms. The van der Waals surface area contributed by atoms with E-state index >= 15 is 0 Å². The van der Waals surface area contributed by atoms with Crippen molar-refractivity contribution >= 4 is 16.0 Å². The maximum atomic E-state index is 13.1. The van der Waals surface area contributed by atoms with Crippen molar-refractivity contribution in [3.05, 3.63) is 52.6 Å². The van der Waals surface area contributed by atoms with Gasteiger partial charge in [0.25, 0.3) is 0 Å². The highest BCUT2D eigenvalue weighted by atomic mass is 32.2. The van der Waals surface area contributed by atoms with Gasteiger partial charge in [-0.1, -0.05) is 26.8 Å². The molecule has 0 amide bonds. The SMILES string of the molecule is Cc1c(C(=O)O)cccc1S(=O)(=O)N1CCc2nc(C(C)(C)C)ncc2C1. The van der Waals surface area contributed by atoms with Crippen LogP contribution in [-0.4, -0.2) is 40.3 Å². The van der Waals surface area contributed by atoms with Gasteiger partial charge < -0.3 is 5.11 Å². The van der Waals surface area contributed by atoms with Gasteiger partial charge in [0.1, 0.15) is 5.82 Å². The lowest BCUT2D eigenvalue weighted by atomic mass is 9.95. The first-order valence-electron chi connectivity index (χ1n) is 8.70. The van der Waals surface area contributed by atoms with Crippen molar-refractivity contribution in [2.45, 2.75) is 51.0 Å². The summed E-state index contributed by atoms with van der Waals surface area (Å²) in [5, 5.41) is 9.26. The minimum absolute atomic E-state index is 0.00774. The van der Waals surface area contributed by atoms with Crippen LogP contribution in [0.4, 0.5) is 0 Å². The highest BCUT2D eigenvalue weighted by Gasteiger charge is 2.32. The van der Waals surface area contributed by atoms with Crippen LogP contribution in [0.15, 0.2) is 29.3 Å². The van der Waals surface area contributed by atoms with E-state index in [1.807, 2.05) is 20.8 Å². The molecular formula is C19H23N3O4S. The minimum Gasteiger partial charge on any atom is -0.478 e. The molecule has 2 aromatic rings. The van der Waals surface area contributed by atoms with Gasteiger partial charge in [-0.15, -0.1) is 0 Å². The number of hydrogen-bond acceptors (Lipinski definition) is 5. The van der Waals surface area contributed by atoms with Crippen molar-refractivity contribution in [3.63, 3.8) is 0 Å². The molecule has 144 valence electrons. The summed E-state index contributed by atoms with van der Waals surface area (Å²) >= 11 is 0. The van der Waals surface area contributed by atoms with Gasteiger partial charge in [0.2, 0.25) is 10.0 Å². The number of carboxylic acids is 1. The second-order valence-corrected chi connectivity index (χ2v) is 9.64. The molecule has 0 saturated carbocycles. The molecule has 7 nitrogen and oxygen atoms in total. The predicted molar refractivity (Wildman–Crippen MR) is 100 cm³/mol. The number of sulfonamides is 1. The van der Waals surface area contributed by atoms with Gasteiger partial charge in [-0.05, 0) is 24.6 Å².